The van der Waals surface area contributed by atoms with E-state index in [2.05, 4.69) is 9.88 Å². The highest BCUT2D eigenvalue weighted by atomic mass is 32.1. The smallest absolute Gasteiger partial charge is 0.226 e. The molecule has 2 aliphatic rings. The van der Waals surface area contributed by atoms with Gasteiger partial charge in [0.25, 0.3) is 0 Å². The van der Waals surface area contributed by atoms with Crippen LogP contribution in [-0.2, 0) is 19.4 Å². The highest BCUT2D eigenvalue weighted by Gasteiger charge is 2.25. The lowest BCUT2D eigenvalue weighted by Crippen LogP contribution is -2.38. The van der Waals surface area contributed by atoms with Crippen LogP contribution in [0.15, 0.2) is 6.20 Å². The highest BCUT2D eigenvalue weighted by Crippen LogP contribution is 2.35. The summed E-state index contributed by atoms with van der Waals surface area (Å²) in [6.07, 6.45) is 6.50. The average molecular weight is 287 g/mol. The van der Waals surface area contributed by atoms with Crippen molar-refractivity contribution in [1.82, 2.24) is 15.0 Å². The Morgan fingerprint density at radius 1 is 1.20 bits per heavy atom. The van der Waals surface area contributed by atoms with Gasteiger partial charge in [0.05, 0.1) is 10.6 Å². The molecule has 1 aliphatic carbocycles. The van der Waals surface area contributed by atoms with Crippen LogP contribution in [0.25, 0.3) is 10.6 Å². The topological polar surface area (TPSA) is 67.9 Å². The number of hydrogen-bond acceptors (Lipinski definition) is 6. The average Bonchev–Trinajstić information content (AvgIpc) is 3.04. The van der Waals surface area contributed by atoms with E-state index in [4.69, 9.17) is 15.7 Å². The quantitative estimate of drug-likeness (QED) is 0.931. The molecule has 0 bridgehead atoms. The summed E-state index contributed by atoms with van der Waals surface area (Å²) in [5.74, 6) is 0.898. The van der Waals surface area contributed by atoms with Crippen molar-refractivity contribution < 1.29 is 0 Å². The number of aromatic nitrogens is 3. The summed E-state index contributed by atoms with van der Waals surface area (Å²) in [6, 6.07) is 0. The van der Waals surface area contributed by atoms with Gasteiger partial charge in [0, 0.05) is 37.1 Å². The van der Waals surface area contributed by atoms with Crippen molar-refractivity contribution in [3.05, 3.63) is 22.5 Å². The number of hydrogen-bond donors (Lipinski definition) is 1. The zero-order valence-electron chi connectivity index (χ0n) is 11.3. The zero-order valence-corrected chi connectivity index (χ0v) is 12.1. The normalized spacial score (nSPS) is 17.1. The number of fused-ring (bicyclic) bond motifs is 1. The van der Waals surface area contributed by atoms with Crippen LogP contribution in [0.4, 0.5) is 5.95 Å². The van der Waals surface area contributed by atoms with Crippen molar-refractivity contribution >= 4 is 17.3 Å². The Labute approximate surface area is 121 Å². The summed E-state index contributed by atoms with van der Waals surface area (Å²) < 4.78 is 0. The van der Waals surface area contributed by atoms with E-state index in [-0.39, 0.29) is 0 Å². The van der Waals surface area contributed by atoms with Crippen LogP contribution < -0.4 is 10.6 Å². The molecule has 0 radical (unpaired) electrons. The zero-order chi connectivity index (χ0) is 13.5. The van der Waals surface area contributed by atoms with Gasteiger partial charge < -0.3 is 10.6 Å². The Balaban J connectivity index is 1.82. The first-order valence-electron chi connectivity index (χ1n) is 7.15. The number of nitrogens with zero attached hydrogens (tertiary/aromatic N) is 4. The van der Waals surface area contributed by atoms with Gasteiger partial charge in [-0.25, -0.2) is 15.0 Å². The third kappa shape index (κ3) is 1.91. The lowest BCUT2D eigenvalue weighted by molar-refractivity contribution is 0.599. The number of anilines is 1. The first-order chi connectivity index (χ1) is 9.85. The molecule has 4 rings (SSSR count). The molecule has 2 N–H and O–H groups in total. The lowest BCUT2D eigenvalue weighted by Gasteiger charge is -2.31. The van der Waals surface area contributed by atoms with E-state index in [1.807, 2.05) is 6.20 Å². The summed E-state index contributed by atoms with van der Waals surface area (Å²) in [5, 5.41) is 0.968. The van der Waals surface area contributed by atoms with Crippen molar-refractivity contribution in [2.45, 2.75) is 32.2 Å². The van der Waals surface area contributed by atoms with Gasteiger partial charge in [0.2, 0.25) is 5.95 Å². The molecule has 0 atom stereocenters. The maximum atomic E-state index is 5.67. The second-order valence-electron chi connectivity index (χ2n) is 5.31. The van der Waals surface area contributed by atoms with E-state index in [0.717, 1.165) is 47.5 Å². The van der Waals surface area contributed by atoms with Crippen LogP contribution in [-0.4, -0.2) is 28.0 Å². The second kappa shape index (κ2) is 4.79. The van der Waals surface area contributed by atoms with E-state index < -0.39 is 0 Å². The fourth-order valence-corrected chi connectivity index (χ4v) is 3.61. The van der Waals surface area contributed by atoms with Gasteiger partial charge in [-0.05, 0) is 25.7 Å². The molecule has 104 valence electrons. The van der Waals surface area contributed by atoms with E-state index >= 15 is 0 Å². The molecule has 2 aromatic rings. The van der Waals surface area contributed by atoms with Gasteiger partial charge in [-0.2, -0.15) is 0 Å². The molecular formula is C14H17N5S. The fraction of sp³-hybridized carbons (Fsp3) is 0.500. The molecule has 1 saturated heterocycles. The number of aryl methyl sites for hydroxylation is 1. The Morgan fingerprint density at radius 3 is 2.80 bits per heavy atom. The van der Waals surface area contributed by atoms with Crippen molar-refractivity contribution in [3.8, 4) is 10.6 Å². The third-order valence-electron chi connectivity index (χ3n) is 4.02. The summed E-state index contributed by atoms with van der Waals surface area (Å²) in [7, 11) is 0. The predicted molar refractivity (Wildman–Crippen MR) is 79.9 cm³/mol. The summed E-state index contributed by atoms with van der Waals surface area (Å²) in [5.41, 5.74) is 9.32. The Bertz CT molecular complexity index is 647. The van der Waals surface area contributed by atoms with Crippen LogP contribution in [0.2, 0.25) is 0 Å². The van der Waals surface area contributed by atoms with Gasteiger partial charge in [-0.15, -0.1) is 11.3 Å². The van der Waals surface area contributed by atoms with Crippen LogP contribution in [0.1, 0.15) is 29.1 Å². The van der Waals surface area contributed by atoms with Crippen LogP contribution in [0, 0.1) is 0 Å². The SMILES string of the molecule is NCc1ncc(-c2nc(N3CCC3)nc3c2CCC3)s1. The molecule has 1 aliphatic heterocycles. The molecule has 6 heteroatoms. The van der Waals surface area contributed by atoms with Crippen molar-refractivity contribution in [2.75, 3.05) is 18.0 Å². The molecule has 5 nitrogen and oxygen atoms in total. The van der Waals surface area contributed by atoms with E-state index in [0.29, 0.717) is 6.54 Å². The number of rotatable bonds is 3. The second-order valence-corrected chi connectivity index (χ2v) is 6.43. The van der Waals surface area contributed by atoms with Crippen LogP contribution in [0.5, 0.6) is 0 Å². The summed E-state index contributed by atoms with van der Waals surface area (Å²) in [4.78, 5) is 17.3. The summed E-state index contributed by atoms with van der Waals surface area (Å²) in [6.45, 7) is 2.65. The monoisotopic (exact) mass is 287 g/mol. The Hall–Kier alpha value is -1.53. The molecule has 0 aromatic carbocycles. The maximum Gasteiger partial charge on any atom is 0.226 e. The minimum absolute atomic E-state index is 0.497. The molecule has 3 heterocycles. The van der Waals surface area contributed by atoms with Crippen LogP contribution >= 0.6 is 11.3 Å². The summed E-state index contributed by atoms with van der Waals surface area (Å²) >= 11 is 1.65. The molecule has 20 heavy (non-hydrogen) atoms. The minimum Gasteiger partial charge on any atom is -0.341 e. The molecule has 0 amide bonds. The van der Waals surface area contributed by atoms with Crippen molar-refractivity contribution in [2.24, 2.45) is 5.73 Å². The molecule has 2 aromatic heterocycles. The van der Waals surface area contributed by atoms with E-state index in [9.17, 15) is 0 Å². The van der Waals surface area contributed by atoms with Crippen molar-refractivity contribution in [1.29, 1.82) is 0 Å². The van der Waals surface area contributed by atoms with Crippen molar-refractivity contribution in [3.63, 3.8) is 0 Å². The standard InChI is InChI=1S/C14H17N5S/c15-7-12-16-8-11(20-12)13-9-3-1-4-10(9)17-14(18-13)19-5-2-6-19/h8H,1-7,15H2. The van der Waals surface area contributed by atoms with E-state index in [1.165, 1.54) is 24.1 Å². The van der Waals surface area contributed by atoms with Crippen LogP contribution in [0.3, 0.4) is 0 Å². The first kappa shape index (κ1) is 12.2. The molecule has 0 saturated carbocycles. The Morgan fingerprint density at radius 2 is 2.10 bits per heavy atom. The fourth-order valence-electron chi connectivity index (χ4n) is 2.79. The van der Waals surface area contributed by atoms with Gasteiger partial charge in [-0.1, -0.05) is 0 Å². The Kier molecular flexibility index (Phi) is 2.93. The van der Waals surface area contributed by atoms with E-state index in [1.54, 1.807) is 11.3 Å². The van der Waals surface area contributed by atoms with Gasteiger partial charge in [0.1, 0.15) is 5.01 Å². The molecule has 0 unspecified atom stereocenters. The third-order valence-corrected chi connectivity index (χ3v) is 5.05. The maximum absolute atomic E-state index is 5.67. The lowest BCUT2D eigenvalue weighted by atomic mass is 10.1. The number of nitrogens with two attached hydrogens (primary N) is 1. The molecule has 0 spiro atoms. The first-order valence-corrected chi connectivity index (χ1v) is 7.96. The minimum atomic E-state index is 0.497. The predicted octanol–water partition coefficient (Wildman–Crippen LogP) is 1.76. The number of thiazole rings is 1. The van der Waals surface area contributed by atoms with Gasteiger partial charge >= 0.3 is 0 Å². The van der Waals surface area contributed by atoms with Gasteiger partial charge in [0.15, 0.2) is 0 Å². The largest absolute Gasteiger partial charge is 0.341 e. The van der Waals surface area contributed by atoms with Gasteiger partial charge in [-0.3, -0.25) is 0 Å². The molecule has 1 fully saturated rings. The molecular weight excluding hydrogens is 270 g/mol. The highest BCUT2D eigenvalue weighted by molar-refractivity contribution is 7.15.